The first kappa shape index (κ1) is 12.6. The van der Waals surface area contributed by atoms with Crippen LogP contribution in [-0.2, 0) is 6.54 Å². The molecule has 0 amide bonds. The Morgan fingerprint density at radius 3 is 3.00 bits per heavy atom. The van der Waals surface area contributed by atoms with Crippen LogP contribution < -0.4 is 0 Å². The molecule has 4 nitrogen and oxygen atoms in total. The van der Waals surface area contributed by atoms with Crippen LogP contribution in [0.3, 0.4) is 0 Å². The van der Waals surface area contributed by atoms with Crippen molar-refractivity contribution in [3.63, 3.8) is 0 Å². The molecule has 96 valence electrons. The van der Waals surface area contributed by atoms with Gasteiger partial charge in [-0.3, -0.25) is 4.90 Å². The summed E-state index contributed by atoms with van der Waals surface area (Å²) in [5.41, 5.74) is 1.02. The summed E-state index contributed by atoms with van der Waals surface area (Å²) < 4.78 is 5.42. The maximum Gasteiger partial charge on any atom is 0.181 e. The van der Waals surface area contributed by atoms with Gasteiger partial charge in [0.1, 0.15) is 5.76 Å². The molecular formula is C13H22N2O2. The van der Waals surface area contributed by atoms with E-state index in [2.05, 4.69) is 30.7 Å². The lowest BCUT2D eigenvalue weighted by molar-refractivity contribution is 0.0252. The third kappa shape index (κ3) is 2.87. The van der Waals surface area contributed by atoms with Gasteiger partial charge in [-0.2, -0.15) is 0 Å². The third-order valence-corrected chi connectivity index (χ3v) is 3.57. The van der Waals surface area contributed by atoms with E-state index in [1.165, 1.54) is 6.39 Å². The molecule has 2 unspecified atom stereocenters. The van der Waals surface area contributed by atoms with Crippen molar-refractivity contribution in [2.45, 2.75) is 45.8 Å². The fraction of sp³-hybridized carbons (Fsp3) is 0.769. The lowest BCUT2D eigenvalue weighted by atomic mass is 9.96. The van der Waals surface area contributed by atoms with Gasteiger partial charge in [-0.1, -0.05) is 20.8 Å². The minimum absolute atomic E-state index is 0.210. The first-order chi connectivity index (χ1) is 8.08. The summed E-state index contributed by atoms with van der Waals surface area (Å²) in [6.07, 6.45) is 2.36. The molecule has 0 bridgehead atoms. The summed E-state index contributed by atoms with van der Waals surface area (Å²) in [5.74, 6) is 1.74. The van der Waals surface area contributed by atoms with Gasteiger partial charge >= 0.3 is 0 Å². The van der Waals surface area contributed by atoms with Gasteiger partial charge in [-0.15, -0.1) is 0 Å². The van der Waals surface area contributed by atoms with Gasteiger partial charge in [0, 0.05) is 19.0 Å². The molecule has 0 radical (unpaired) electrons. The van der Waals surface area contributed by atoms with E-state index in [-0.39, 0.29) is 6.10 Å². The van der Waals surface area contributed by atoms with E-state index in [9.17, 15) is 5.11 Å². The summed E-state index contributed by atoms with van der Waals surface area (Å²) in [6.45, 7) is 8.88. The quantitative estimate of drug-likeness (QED) is 0.875. The molecule has 0 aromatic carbocycles. The first-order valence-electron chi connectivity index (χ1n) is 6.40. The Morgan fingerprint density at radius 2 is 2.35 bits per heavy atom. The Morgan fingerprint density at radius 1 is 1.59 bits per heavy atom. The van der Waals surface area contributed by atoms with Crippen LogP contribution in [0.2, 0.25) is 0 Å². The SMILES string of the molecule is CC(C)c1ocnc1CN1CCC(C)C(O)C1. The van der Waals surface area contributed by atoms with Crippen molar-refractivity contribution in [2.24, 2.45) is 5.92 Å². The number of hydrogen-bond donors (Lipinski definition) is 1. The minimum Gasteiger partial charge on any atom is -0.448 e. The molecule has 4 heteroatoms. The summed E-state index contributed by atoms with van der Waals surface area (Å²) in [4.78, 5) is 6.54. The molecule has 2 atom stereocenters. The highest BCUT2D eigenvalue weighted by atomic mass is 16.3. The average molecular weight is 238 g/mol. The van der Waals surface area contributed by atoms with Crippen LogP contribution >= 0.6 is 0 Å². The second-order valence-electron chi connectivity index (χ2n) is 5.39. The van der Waals surface area contributed by atoms with E-state index in [0.717, 1.165) is 37.5 Å². The fourth-order valence-corrected chi connectivity index (χ4v) is 2.34. The molecule has 0 saturated carbocycles. The Hall–Kier alpha value is -0.870. The van der Waals surface area contributed by atoms with Gasteiger partial charge in [0.25, 0.3) is 0 Å². The Kier molecular flexibility index (Phi) is 3.84. The van der Waals surface area contributed by atoms with Crippen molar-refractivity contribution < 1.29 is 9.52 Å². The van der Waals surface area contributed by atoms with E-state index in [1.807, 2.05) is 0 Å². The third-order valence-electron chi connectivity index (χ3n) is 3.57. The van der Waals surface area contributed by atoms with Crippen LogP contribution in [0.5, 0.6) is 0 Å². The number of aliphatic hydroxyl groups excluding tert-OH is 1. The maximum absolute atomic E-state index is 9.87. The van der Waals surface area contributed by atoms with Gasteiger partial charge in [-0.25, -0.2) is 4.98 Å². The molecule has 1 aromatic rings. The highest BCUT2D eigenvalue weighted by Crippen LogP contribution is 2.22. The second kappa shape index (κ2) is 5.19. The van der Waals surface area contributed by atoms with Crippen molar-refractivity contribution in [1.29, 1.82) is 0 Å². The lowest BCUT2D eigenvalue weighted by Crippen LogP contribution is -2.42. The Balaban J connectivity index is 1.99. The van der Waals surface area contributed by atoms with Crippen LogP contribution in [-0.4, -0.2) is 34.2 Å². The van der Waals surface area contributed by atoms with Crippen molar-refractivity contribution >= 4 is 0 Å². The molecule has 0 spiro atoms. The second-order valence-corrected chi connectivity index (χ2v) is 5.39. The standard InChI is InChI=1S/C13H22N2O2/c1-9(2)13-11(14-8-17-13)6-15-5-4-10(3)12(16)7-15/h8-10,12,16H,4-7H2,1-3H3. The zero-order valence-electron chi connectivity index (χ0n) is 10.9. The predicted molar refractivity (Wildman–Crippen MR) is 65.7 cm³/mol. The number of nitrogens with zero attached hydrogens (tertiary/aromatic N) is 2. The molecule has 1 aromatic heterocycles. The molecule has 2 rings (SSSR count). The van der Waals surface area contributed by atoms with Crippen LogP contribution in [0.25, 0.3) is 0 Å². The van der Waals surface area contributed by atoms with Gasteiger partial charge in [0.05, 0.1) is 11.8 Å². The van der Waals surface area contributed by atoms with E-state index in [0.29, 0.717) is 11.8 Å². The smallest absolute Gasteiger partial charge is 0.181 e. The molecule has 1 saturated heterocycles. The van der Waals surface area contributed by atoms with E-state index < -0.39 is 0 Å². The maximum atomic E-state index is 9.87. The summed E-state index contributed by atoms with van der Waals surface area (Å²) >= 11 is 0. The van der Waals surface area contributed by atoms with Gasteiger partial charge in [-0.05, 0) is 18.9 Å². The minimum atomic E-state index is -0.210. The normalized spacial score (nSPS) is 26.6. The van der Waals surface area contributed by atoms with Crippen molar-refractivity contribution in [3.8, 4) is 0 Å². The van der Waals surface area contributed by atoms with Crippen molar-refractivity contribution in [1.82, 2.24) is 9.88 Å². The van der Waals surface area contributed by atoms with E-state index in [4.69, 9.17) is 4.42 Å². The predicted octanol–water partition coefficient (Wildman–Crippen LogP) is 2.00. The van der Waals surface area contributed by atoms with Crippen LogP contribution in [0.15, 0.2) is 10.8 Å². The van der Waals surface area contributed by atoms with E-state index in [1.54, 1.807) is 0 Å². The number of likely N-dealkylation sites (tertiary alicyclic amines) is 1. The monoisotopic (exact) mass is 238 g/mol. The fourth-order valence-electron chi connectivity index (χ4n) is 2.34. The molecule has 2 heterocycles. The van der Waals surface area contributed by atoms with Crippen LogP contribution in [0.4, 0.5) is 0 Å². The summed E-state index contributed by atoms with van der Waals surface area (Å²) in [6, 6.07) is 0. The number of oxazole rings is 1. The van der Waals surface area contributed by atoms with Crippen molar-refractivity contribution in [2.75, 3.05) is 13.1 Å². The molecule has 17 heavy (non-hydrogen) atoms. The highest BCUT2D eigenvalue weighted by molar-refractivity contribution is 5.11. The topological polar surface area (TPSA) is 49.5 Å². The number of aromatic nitrogens is 1. The molecule has 0 aliphatic carbocycles. The number of β-amino-alcohol motifs (C(OH)–C–C–N with tert-alkyl or cyclic N) is 1. The lowest BCUT2D eigenvalue weighted by Gasteiger charge is -2.33. The highest BCUT2D eigenvalue weighted by Gasteiger charge is 2.25. The number of aliphatic hydroxyl groups is 1. The summed E-state index contributed by atoms with van der Waals surface area (Å²) in [7, 11) is 0. The molecule has 1 N–H and O–H groups in total. The van der Waals surface area contributed by atoms with E-state index >= 15 is 0 Å². The zero-order chi connectivity index (χ0) is 12.4. The molecule has 1 aliphatic rings. The van der Waals surface area contributed by atoms with Crippen molar-refractivity contribution in [3.05, 3.63) is 17.8 Å². The molecule has 1 aliphatic heterocycles. The van der Waals surface area contributed by atoms with Crippen LogP contribution in [0.1, 0.15) is 44.6 Å². The Bertz CT molecular complexity index is 362. The average Bonchev–Trinajstić information content (AvgIpc) is 2.72. The Labute approximate surface area is 103 Å². The molecule has 1 fully saturated rings. The van der Waals surface area contributed by atoms with Gasteiger partial charge < -0.3 is 9.52 Å². The number of piperidine rings is 1. The van der Waals surface area contributed by atoms with Gasteiger partial charge in [0.15, 0.2) is 6.39 Å². The molecular weight excluding hydrogens is 216 g/mol. The first-order valence-corrected chi connectivity index (χ1v) is 6.40. The van der Waals surface area contributed by atoms with Crippen LogP contribution in [0, 0.1) is 5.92 Å². The van der Waals surface area contributed by atoms with Gasteiger partial charge in [0.2, 0.25) is 0 Å². The summed E-state index contributed by atoms with van der Waals surface area (Å²) in [5, 5.41) is 9.87. The number of hydrogen-bond acceptors (Lipinski definition) is 4. The largest absolute Gasteiger partial charge is 0.448 e. The number of rotatable bonds is 3. The zero-order valence-corrected chi connectivity index (χ0v) is 10.9.